The lowest BCUT2D eigenvalue weighted by Crippen LogP contribution is -2.19. The van der Waals surface area contributed by atoms with Crippen LogP contribution < -0.4 is 4.90 Å². The fourth-order valence-electron chi connectivity index (χ4n) is 2.59. The molecule has 1 saturated heterocycles. The maximum atomic E-state index is 12.9. The van der Waals surface area contributed by atoms with Crippen molar-refractivity contribution in [2.75, 3.05) is 17.9 Å². The number of hydrogen-bond acceptors (Lipinski definition) is 1. The van der Waals surface area contributed by atoms with Gasteiger partial charge in [-0.05, 0) is 47.2 Å². The van der Waals surface area contributed by atoms with E-state index in [0.29, 0.717) is 0 Å². The quantitative estimate of drug-likeness (QED) is 0.640. The van der Waals surface area contributed by atoms with Crippen LogP contribution in [-0.2, 0) is 11.6 Å². The minimum absolute atomic E-state index is 0.0410. The van der Waals surface area contributed by atoms with Crippen LogP contribution >= 0.6 is 0 Å². The predicted octanol–water partition coefficient (Wildman–Crippen LogP) is 6.00. The van der Waals surface area contributed by atoms with Crippen molar-refractivity contribution in [2.45, 2.75) is 44.7 Å². The van der Waals surface area contributed by atoms with Crippen LogP contribution in [0.1, 0.15) is 58.0 Å². The number of hydrogen-bond donors (Lipinski definition) is 0. The van der Waals surface area contributed by atoms with E-state index in [0.717, 1.165) is 34.7 Å². The molecule has 25 heavy (non-hydrogen) atoms. The SMILES string of the molecule is [2H]C1([2H])C(c2ccc(C(F)(F)F)cc2)C([2H])([2H])C([2H])([2H])N1c1ccc(C(C)(C)C)cc1. The van der Waals surface area contributed by atoms with Gasteiger partial charge in [-0.1, -0.05) is 45.0 Å². The Morgan fingerprint density at radius 1 is 0.920 bits per heavy atom. The van der Waals surface area contributed by atoms with Crippen LogP contribution in [0.4, 0.5) is 18.9 Å². The molecule has 0 aromatic heterocycles. The van der Waals surface area contributed by atoms with Crippen LogP contribution in [0.15, 0.2) is 48.5 Å². The fraction of sp³-hybridized carbons (Fsp3) is 0.429. The third-order valence-corrected chi connectivity index (χ3v) is 4.14. The third kappa shape index (κ3) is 4.00. The number of anilines is 1. The first-order valence-corrected chi connectivity index (χ1v) is 8.00. The van der Waals surface area contributed by atoms with Crippen molar-refractivity contribution >= 4 is 5.69 Å². The van der Waals surface area contributed by atoms with E-state index in [1.807, 2.05) is 20.8 Å². The predicted molar refractivity (Wildman–Crippen MR) is 96.2 cm³/mol. The molecule has 1 atom stereocenters. The Morgan fingerprint density at radius 2 is 1.48 bits per heavy atom. The normalized spacial score (nSPS) is 28.2. The number of benzene rings is 2. The standard InChI is InChI=1S/C21H24F3N/c1-20(2,3)17-8-10-19(11-9-17)25-13-12-16(14-25)15-4-6-18(7-5-15)21(22,23)24/h4-11,16H,12-14H2,1-3H3/i12D2,13D2,14D2. The molecule has 4 heteroatoms. The molecule has 0 saturated carbocycles. The lowest BCUT2D eigenvalue weighted by molar-refractivity contribution is -0.137. The van der Waals surface area contributed by atoms with E-state index in [4.69, 9.17) is 8.22 Å². The summed E-state index contributed by atoms with van der Waals surface area (Å²) in [4.78, 5) is 0.759. The van der Waals surface area contributed by atoms with Gasteiger partial charge in [0.05, 0.1) is 5.56 Å². The molecule has 1 unspecified atom stereocenters. The van der Waals surface area contributed by atoms with Crippen LogP contribution in [0.5, 0.6) is 0 Å². The van der Waals surface area contributed by atoms with E-state index in [9.17, 15) is 13.2 Å². The minimum Gasteiger partial charge on any atom is -0.371 e. The molecule has 0 spiro atoms. The zero-order valence-corrected chi connectivity index (χ0v) is 14.3. The van der Waals surface area contributed by atoms with Crippen LogP contribution in [0.25, 0.3) is 0 Å². The fourth-order valence-corrected chi connectivity index (χ4v) is 2.59. The first kappa shape index (κ1) is 11.6. The average molecular weight is 353 g/mol. The Labute approximate surface area is 155 Å². The van der Waals surface area contributed by atoms with Crippen LogP contribution in [0.2, 0.25) is 0 Å². The van der Waals surface area contributed by atoms with Crippen molar-refractivity contribution in [1.29, 1.82) is 0 Å². The summed E-state index contributed by atoms with van der Waals surface area (Å²) >= 11 is 0. The van der Waals surface area contributed by atoms with E-state index in [-0.39, 0.29) is 16.7 Å². The highest BCUT2D eigenvalue weighted by Crippen LogP contribution is 2.34. The highest BCUT2D eigenvalue weighted by atomic mass is 19.4. The van der Waals surface area contributed by atoms with Gasteiger partial charge in [0.25, 0.3) is 0 Å². The molecule has 1 nitrogen and oxygen atoms in total. The van der Waals surface area contributed by atoms with Gasteiger partial charge in [-0.15, -0.1) is 0 Å². The lowest BCUT2D eigenvalue weighted by Gasteiger charge is -2.22. The summed E-state index contributed by atoms with van der Waals surface area (Å²) in [5.41, 5.74) is -0.0623. The van der Waals surface area contributed by atoms with Gasteiger partial charge in [-0.25, -0.2) is 0 Å². The van der Waals surface area contributed by atoms with Crippen molar-refractivity contribution in [3.63, 3.8) is 0 Å². The van der Waals surface area contributed by atoms with E-state index < -0.39 is 37.0 Å². The van der Waals surface area contributed by atoms with Gasteiger partial charge in [0.2, 0.25) is 0 Å². The number of halogens is 3. The molecule has 134 valence electrons. The Bertz CT molecular complexity index is 870. The molecule has 0 radical (unpaired) electrons. The molecular weight excluding hydrogens is 323 g/mol. The molecule has 1 aliphatic heterocycles. The van der Waals surface area contributed by atoms with Gasteiger partial charge >= 0.3 is 6.18 Å². The summed E-state index contributed by atoms with van der Waals surface area (Å²) in [6.07, 6.45) is -7.30. The summed E-state index contributed by atoms with van der Waals surface area (Å²) in [6.45, 7) is 0.685. The monoisotopic (exact) mass is 353 g/mol. The minimum atomic E-state index is -4.58. The Hall–Kier alpha value is -1.97. The smallest absolute Gasteiger partial charge is 0.371 e. The zero-order chi connectivity index (χ0) is 23.6. The molecule has 1 aliphatic rings. The second kappa shape index (κ2) is 6.40. The van der Waals surface area contributed by atoms with Gasteiger partial charge in [0.1, 0.15) is 0 Å². The maximum Gasteiger partial charge on any atom is 0.416 e. The van der Waals surface area contributed by atoms with E-state index >= 15 is 0 Å². The first-order chi connectivity index (χ1) is 13.9. The second-order valence-corrected chi connectivity index (χ2v) is 7.07. The van der Waals surface area contributed by atoms with Gasteiger partial charge in [0.15, 0.2) is 0 Å². The summed E-state index contributed by atoms with van der Waals surface area (Å²) in [5.74, 6) is -1.65. The Kier molecular flexibility index (Phi) is 2.97. The summed E-state index contributed by atoms with van der Waals surface area (Å²) < 4.78 is 89.7. The number of nitrogens with zero attached hydrogens (tertiary/aromatic N) is 1. The van der Waals surface area contributed by atoms with Crippen molar-refractivity contribution < 1.29 is 21.4 Å². The van der Waals surface area contributed by atoms with Gasteiger partial charge < -0.3 is 4.90 Å². The highest BCUT2D eigenvalue weighted by Gasteiger charge is 2.31. The zero-order valence-electron chi connectivity index (χ0n) is 20.3. The second-order valence-electron chi connectivity index (χ2n) is 7.07. The molecule has 0 bridgehead atoms. The molecule has 0 N–H and O–H groups in total. The van der Waals surface area contributed by atoms with E-state index in [1.165, 1.54) is 0 Å². The van der Waals surface area contributed by atoms with Crippen molar-refractivity contribution in [3.05, 3.63) is 65.2 Å². The van der Waals surface area contributed by atoms with Gasteiger partial charge in [-0.2, -0.15) is 13.2 Å². The molecule has 0 amide bonds. The molecular formula is C21H24F3N. The van der Waals surface area contributed by atoms with Crippen LogP contribution in [-0.4, -0.2) is 13.0 Å². The average Bonchev–Trinajstić information content (AvgIpc) is 2.71. The summed E-state index contributed by atoms with van der Waals surface area (Å²) in [7, 11) is 0. The van der Waals surface area contributed by atoms with Crippen molar-refractivity contribution in [3.8, 4) is 0 Å². The molecule has 1 fully saturated rings. The molecule has 2 aromatic rings. The van der Waals surface area contributed by atoms with Crippen LogP contribution in [0.3, 0.4) is 0 Å². The van der Waals surface area contributed by atoms with Gasteiger partial charge in [-0.3, -0.25) is 0 Å². The third-order valence-electron chi connectivity index (χ3n) is 4.14. The highest BCUT2D eigenvalue weighted by molar-refractivity contribution is 5.50. The van der Waals surface area contributed by atoms with E-state index in [2.05, 4.69) is 0 Å². The van der Waals surface area contributed by atoms with Crippen LogP contribution in [0, 0.1) is 0 Å². The number of alkyl halides is 3. The largest absolute Gasteiger partial charge is 0.416 e. The summed E-state index contributed by atoms with van der Waals surface area (Å²) in [5, 5.41) is 0. The van der Waals surface area contributed by atoms with Gasteiger partial charge in [0, 0.05) is 32.8 Å². The van der Waals surface area contributed by atoms with Crippen molar-refractivity contribution in [2.24, 2.45) is 0 Å². The molecule has 2 aromatic carbocycles. The molecule has 3 rings (SSSR count). The first-order valence-electron chi connectivity index (χ1n) is 11.0. The maximum absolute atomic E-state index is 12.9. The Morgan fingerprint density at radius 3 is 2.00 bits per heavy atom. The topological polar surface area (TPSA) is 3.24 Å². The number of rotatable bonds is 2. The van der Waals surface area contributed by atoms with Crippen molar-refractivity contribution in [1.82, 2.24) is 0 Å². The van der Waals surface area contributed by atoms with E-state index in [1.54, 1.807) is 24.3 Å². The Balaban J connectivity index is 2.10. The molecule has 1 heterocycles. The lowest BCUT2D eigenvalue weighted by atomic mass is 9.87. The summed E-state index contributed by atoms with van der Waals surface area (Å²) in [6, 6.07) is 10.1. The molecule has 0 aliphatic carbocycles.